The number of nitrogen functional groups attached to an aromatic ring is 2. The number of carbonyl (C=O) groups excluding carboxylic acids is 8. The van der Waals surface area contributed by atoms with Gasteiger partial charge in [0.15, 0.2) is 0 Å². The fourth-order valence-electron chi connectivity index (χ4n) is 12.4. The number of unbranched alkanes of at least 4 members (excludes halogenated alkanes) is 2. The Morgan fingerprint density at radius 1 is 0.394 bits per heavy atom. The maximum atomic E-state index is 14.1. The monoisotopic (exact) mass is 1480 g/mol. The summed E-state index contributed by atoms with van der Waals surface area (Å²) < 4.78 is 70.3. The summed E-state index contributed by atoms with van der Waals surface area (Å²) in [6.45, 7) is 1.86. The maximum absolute atomic E-state index is 14.1. The highest BCUT2D eigenvalue weighted by atomic mass is 32.2. The van der Waals surface area contributed by atoms with Gasteiger partial charge in [0.25, 0.3) is 0 Å². The lowest BCUT2D eigenvalue weighted by molar-refractivity contribution is -0.130. The van der Waals surface area contributed by atoms with E-state index in [0.29, 0.717) is 47.9 Å². The first-order valence-electron chi connectivity index (χ1n) is 36.3. The summed E-state index contributed by atoms with van der Waals surface area (Å²) in [7, 11) is -7.93. The van der Waals surface area contributed by atoms with Crippen molar-refractivity contribution >= 4 is 79.0 Å². The lowest BCUT2D eigenvalue weighted by Gasteiger charge is -2.28. The van der Waals surface area contributed by atoms with Crippen molar-refractivity contribution in [2.75, 3.05) is 52.6 Å². The van der Waals surface area contributed by atoms with E-state index in [2.05, 4.69) is 52.0 Å². The number of amides is 8. The molecule has 2 aliphatic rings. The quantitative estimate of drug-likeness (QED) is 0.0165. The highest BCUT2D eigenvalue weighted by molar-refractivity contribution is 7.89. The zero-order valence-electron chi connectivity index (χ0n) is 59.6. The molecule has 0 spiro atoms. The zero-order valence-corrected chi connectivity index (χ0v) is 61.2. The summed E-state index contributed by atoms with van der Waals surface area (Å²) >= 11 is 0. The van der Waals surface area contributed by atoms with Gasteiger partial charge in [0.2, 0.25) is 67.3 Å². The van der Waals surface area contributed by atoms with Crippen LogP contribution >= 0.6 is 0 Å². The number of amidine groups is 2. The summed E-state index contributed by atoms with van der Waals surface area (Å²) in [5, 5.41) is 37.8. The minimum absolute atomic E-state index is 0.0684. The molecule has 6 rings (SSSR count). The summed E-state index contributed by atoms with van der Waals surface area (Å²) in [5.74, 6) is -4.15. The molecular formula is C74H108N14O14S2. The minimum Gasteiger partial charge on any atom is -0.384 e. The summed E-state index contributed by atoms with van der Waals surface area (Å²) in [6, 6.07) is 26.6. The van der Waals surface area contributed by atoms with Crippen molar-refractivity contribution in [3.63, 3.8) is 0 Å². The fourth-order valence-corrected chi connectivity index (χ4v) is 15.1. The van der Waals surface area contributed by atoms with Crippen LogP contribution in [0.5, 0.6) is 0 Å². The van der Waals surface area contributed by atoms with Crippen LogP contribution in [-0.4, -0.2) is 153 Å². The van der Waals surface area contributed by atoms with Crippen molar-refractivity contribution in [2.24, 2.45) is 23.3 Å². The lowest BCUT2D eigenvalue weighted by Crippen LogP contribution is -2.54. The van der Waals surface area contributed by atoms with Gasteiger partial charge in [-0.2, -0.15) is 0 Å². The number of hydrogen-bond acceptors (Lipinski definition) is 16. The molecule has 0 aliphatic heterocycles. The summed E-state index contributed by atoms with van der Waals surface area (Å²) in [4.78, 5) is 106. The molecular weight excluding hydrogens is 1370 g/mol. The van der Waals surface area contributed by atoms with Crippen LogP contribution in [0, 0.1) is 22.7 Å². The molecule has 4 aromatic rings. The van der Waals surface area contributed by atoms with E-state index < -0.39 is 67.8 Å². The van der Waals surface area contributed by atoms with E-state index in [9.17, 15) is 55.2 Å². The Labute approximate surface area is 611 Å². The molecule has 0 unspecified atom stereocenters. The first-order chi connectivity index (χ1) is 50.0. The highest BCUT2D eigenvalue weighted by Crippen LogP contribution is 2.29. The van der Waals surface area contributed by atoms with Gasteiger partial charge in [-0.1, -0.05) is 173 Å². The van der Waals surface area contributed by atoms with E-state index >= 15 is 0 Å². The third-order valence-corrected chi connectivity index (χ3v) is 20.9. The van der Waals surface area contributed by atoms with Crippen molar-refractivity contribution < 1.29 is 64.7 Å². The van der Waals surface area contributed by atoms with Crippen LogP contribution < -0.4 is 63.4 Å². The second kappa shape index (κ2) is 46.2. The Bertz CT molecular complexity index is 3370. The molecule has 28 nitrogen and oxygen atoms in total. The maximum Gasteiger partial charge on any atom is 0.242 e. The molecule has 0 heterocycles. The smallest absolute Gasteiger partial charge is 0.242 e. The van der Waals surface area contributed by atoms with Gasteiger partial charge in [-0.3, -0.25) is 49.2 Å². The normalized spacial score (nSPS) is 14.7. The standard InChI is InChI=1S/C74H108N14O14S2/c75-69(76)59-31-27-55(28-32-59)49-83-71(93)61(85-73(95)63(47-53-17-5-1-6-18-53)87-103(97,98)51-57-21-9-3-10-22-57)25-13-15-39-79-65(89)35-37-67(91)81-41-43-101-45-46-102-44-42-82-68(92)38-36-66(90)80-40-16-14-26-62(72(94)84-50-56-29-33-60(34-30-56)70(77)78)86-74(96)64(48-54-19-7-2-8-20-54)88-104(99,100)52-58-23-11-4-12-24-58/h3-4,9-12,21-24,27-34,53-54,61-64,87-88H,1-2,5-8,13-20,25-26,35-52H2,(H3,75,76)(H3,77,78)(H,79,89)(H,80,90)(H,81,91)(H,82,92)(H,83,93)(H,84,94)(H,85,95)(H,86,96)/t61-,62-,63+,64+/m0/s1. The van der Waals surface area contributed by atoms with Crippen LogP contribution in [0.15, 0.2) is 109 Å². The third-order valence-electron chi connectivity index (χ3n) is 18.1. The molecule has 30 heteroatoms. The number of rotatable bonds is 49. The van der Waals surface area contributed by atoms with Crippen LogP contribution in [0.3, 0.4) is 0 Å². The summed E-state index contributed by atoms with van der Waals surface area (Å²) in [6.07, 6.45) is 11.8. The molecule has 8 amide bonds. The molecule has 0 bridgehead atoms. The number of sulfonamides is 2. The van der Waals surface area contributed by atoms with E-state index in [-0.39, 0.29) is 176 Å². The first kappa shape index (κ1) is 84.3. The molecule has 2 aliphatic carbocycles. The molecule has 104 heavy (non-hydrogen) atoms. The number of hydrogen-bond donors (Lipinski definition) is 14. The minimum atomic E-state index is -3.96. The van der Waals surface area contributed by atoms with Crippen molar-refractivity contribution in [2.45, 2.75) is 190 Å². The molecule has 2 saturated carbocycles. The van der Waals surface area contributed by atoms with E-state index in [4.69, 9.17) is 31.8 Å². The van der Waals surface area contributed by atoms with Crippen LogP contribution in [0.1, 0.15) is 175 Å². The van der Waals surface area contributed by atoms with E-state index in [1.165, 1.54) is 0 Å². The third kappa shape index (κ3) is 34.3. The van der Waals surface area contributed by atoms with E-state index in [1.54, 1.807) is 109 Å². The average molecular weight is 1480 g/mol. The Hall–Kier alpha value is -8.68. The Balaban J connectivity index is 0.822. The number of carbonyl (C=O) groups is 8. The van der Waals surface area contributed by atoms with Crippen LogP contribution in [0.25, 0.3) is 0 Å². The Kier molecular flexibility index (Phi) is 37.4. The highest BCUT2D eigenvalue weighted by Gasteiger charge is 2.34. The molecule has 16 N–H and O–H groups in total. The van der Waals surface area contributed by atoms with Gasteiger partial charge in [-0.25, -0.2) is 26.3 Å². The number of ether oxygens (including phenoxy) is 2. The molecule has 570 valence electrons. The van der Waals surface area contributed by atoms with Gasteiger partial charge in [0.05, 0.1) is 37.9 Å². The van der Waals surface area contributed by atoms with Crippen molar-refractivity contribution in [1.82, 2.24) is 52.0 Å². The molecule has 4 atom stereocenters. The van der Waals surface area contributed by atoms with Crippen LogP contribution in [-0.2, 0) is 92.5 Å². The zero-order chi connectivity index (χ0) is 75.0. The predicted molar refractivity (Wildman–Crippen MR) is 397 cm³/mol. The van der Waals surface area contributed by atoms with Gasteiger partial charge in [-0.15, -0.1) is 0 Å². The second-order valence-corrected chi connectivity index (χ2v) is 30.2. The fraction of sp³-hybridized carbons (Fsp3) is 0.541. The van der Waals surface area contributed by atoms with Crippen LogP contribution in [0.2, 0.25) is 0 Å². The van der Waals surface area contributed by atoms with Crippen molar-refractivity contribution in [3.05, 3.63) is 143 Å². The molecule has 0 radical (unpaired) electrons. The SMILES string of the molecule is N=C(N)c1ccc(CNC(=O)[C@H](CCCCNC(=O)CCC(=O)NCCOCCOCCNC(=O)CCC(=O)NCCCC[C@H](NC(=O)[C@@H](CC2CCCCC2)NS(=O)(=O)Cc2ccccc2)C(=O)NCc2ccc(C(=N)N)cc2)NC(=O)[C@@H](CC2CCCCC2)NS(=O)(=O)Cc2ccccc2)cc1. The first-order valence-corrected chi connectivity index (χ1v) is 39.6. The van der Waals surface area contributed by atoms with Gasteiger partial charge >= 0.3 is 0 Å². The van der Waals surface area contributed by atoms with Crippen LogP contribution in [0.4, 0.5) is 0 Å². The van der Waals surface area contributed by atoms with Crippen molar-refractivity contribution in [1.29, 1.82) is 10.8 Å². The van der Waals surface area contributed by atoms with Crippen molar-refractivity contribution in [3.8, 4) is 0 Å². The lowest BCUT2D eigenvalue weighted by atomic mass is 9.85. The average Bonchev–Trinajstić information content (AvgIpc) is 0.826. The van der Waals surface area contributed by atoms with E-state index in [1.807, 2.05) is 0 Å². The van der Waals surface area contributed by atoms with Gasteiger partial charge in [0, 0.05) is 76.1 Å². The molecule has 0 aromatic heterocycles. The molecule has 4 aromatic carbocycles. The second-order valence-electron chi connectivity index (χ2n) is 26.7. The number of nitrogens with two attached hydrogens (primary N) is 2. The largest absolute Gasteiger partial charge is 0.384 e. The van der Waals surface area contributed by atoms with Gasteiger partial charge in [0.1, 0.15) is 35.8 Å². The van der Waals surface area contributed by atoms with Gasteiger partial charge in [-0.05, 0) is 85.5 Å². The summed E-state index contributed by atoms with van der Waals surface area (Å²) in [5.41, 5.74) is 14.8. The molecule has 2 fully saturated rings. The van der Waals surface area contributed by atoms with Gasteiger partial charge < -0.3 is 63.5 Å². The Morgan fingerprint density at radius 2 is 0.731 bits per heavy atom. The predicted octanol–water partition coefficient (Wildman–Crippen LogP) is 4.47. The number of nitrogens with one attached hydrogen (secondary N) is 12. The Morgan fingerprint density at radius 3 is 1.07 bits per heavy atom. The molecule has 0 saturated heterocycles. The number of benzene rings is 4. The van der Waals surface area contributed by atoms with E-state index in [0.717, 1.165) is 75.3 Å². The topological polar surface area (TPSA) is 443 Å².